The Bertz CT molecular complexity index is 3500. The topological polar surface area (TPSA) is 205 Å². The van der Waals surface area contributed by atoms with Crippen LogP contribution in [0.2, 0.25) is 0 Å². The fourth-order valence-electron chi connectivity index (χ4n) is 7.09. The van der Waals surface area contributed by atoms with E-state index in [1.807, 2.05) is 60.7 Å². The molecule has 0 radical (unpaired) electrons. The number of esters is 4. The third-order valence-electron chi connectivity index (χ3n) is 11.6. The van der Waals surface area contributed by atoms with Gasteiger partial charge in [0.1, 0.15) is 25.3 Å². The van der Waals surface area contributed by atoms with E-state index < -0.39 is 149 Å². The van der Waals surface area contributed by atoms with Crippen LogP contribution in [0.1, 0.15) is 45.7 Å². The summed E-state index contributed by atoms with van der Waals surface area (Å²) < 4.78 is 222. The Morgan fingerprint density at radius 3 is 1.23 bits per heavy atom. The number of sulfonamides is 2. The monoisotopic (exact) mass is 1170 g/mol. The summed E-state index contributed by atoms with van der Waals surface area (Å²) in [5.41, 5.74) is 0.885. The van der Waals surface area contributed by atoms with Gasteiger partial charge >= 0.3 is 23.9 Å². The fraction of sp³-hybridized carbons (Fsp3) is 0.231. The third kappa shape index (κ3) is 13.8. The van der Waals surface area contributed by atoms with Crippen LogP contribution < -0.4 is 9.47 Å². The molecule has 2 aliphatic rings. The second kappa shape index (κ2) is 25.1. The van der Waals surface area contributed by atoms with E-state index in [1.54, 1.807) is 0 Å². The van der Waals surface area contributed by atoms with E-state index >= 15 is 0 Å². The van der Waals surface area contributed by atoms with Crippen LogP contribution in [0, 0.1) is 58.2 Å². The first-order valence-corrected chi connectivity index (χ1v) is 26.1. The zero-order chi connectivity index (χ0) is 58.4. The Morgan fingerprint density at radius 2 is 0.825 bits per heavy atom. The summed E-state index contributed by atoms with van der Waals surface area (Å²) in [5, 5.41) is 0. The Kier molecular flexibility index (Phi) is 18.8. The van der Waals surface area contributed by atoms with Gasteiger partial charge in [-0.25, -0.2) is 57.6 Å². The van der Waals surface area contributed by atoms with Gasteiger partial charge in [-0.1, -0.05) is 72.8 Å². The van der Waals surface area contributed by atoms with Crippen LogP contribution in [0.3, 0.4) is 0 Å². The highest BCUT2D eigenvalue weighted by Gasteiger charge is 2.42. The minimum Gasteiger partial charge on any atom is -0.460 e. The molecule has 0 bridgehead atoms. The molecule has 0 aliphatic carbocycles. The quantitative estimate of drug-likeness (QED) is 0.0176. The van der Waals surface area contributed by atoms with E-state index in [2.05, 4.69) is 9.47 Å². The number of halogens is 10. The van der Waals surface area contributed by atoms with Crippen molar-refractivity contribution in [2.24, 2.45) is 0 Å². The predicted molar refractivity (Wildman–Crippen MR) is 254 cm³/mol. The predicted octanol–water partition coefficient (Wildman–Crippen LogP) is 8.25. The van der Waals surface area contributed by atoms with E-state index in [4.69, 9.17) is 18.9 Å². The summed E-state index contributed by atoms with van der Waals surface area (Å²) in [7, 11) is -9.13. The molecule has 0 aromatic heterocycles. The summed E-state index contributed by atoms with van der Waals surface area (Å²) in [6.45, 7) is 2.11. The van der Waals surface area contributed by atoms with Crippen molar-refractivity contribution in [3.63, 3.8) is 0 Å². The number of epoxide rings is 2. The van der Waals surface area contributed by atoms with Gasteiger partial charge in [0.2, 0.25) is 89.7 Å². The van der Waals surface area contributed by atoms with Crippen molar-refractivity contribution in [2.75, 3.05) is 26.3 Å². The van der Waals surface area contributed by atoms with Crippen LogP contribution in [-0.2, 0) is 61.8 Å². The second-order valence-electron chi connectivity index (χ2n) is 17.2. The Hall–Kier alpha value is -7.76. The van der Waals surface area contributed by atoms with Gasteiger partial charge in [0.15, 0.2) is 0 Å². The minimum atomic E-state index is -4.97. The Labute approximate surface area is 448 Å². The van der Waals surface area contributed by atoms with Crippen LogP contribution in [0.5, 0.6) is 11.5 Å². The van der Waals surface area contributed by atoms with Gasteiger partial charge in [-0.3, -0.25) is 4.79 Å². The molecular weight excluding hydrogens is 1130 g/mol. The molecular formula is C52H40F10N2O14S2. The molecule has 0 amide bonds. The third-order valence-corrected chi connectivity index (χ3v) is 15.5. The molecule has 2 unspecified atom stereocenters. The first kappa shape index (κ1) is 59.9. The molecule has 0 spiro atoms. The lowest BCUT2D eigenvalue weighted by Crippen LogP contribution is -2.46. The van der Waals surface area contributed by atoms with Crippen molar-refractivity contribution >= 4 is 43.9 Å². The molecule has 0 saturated carbocycles. The first-order valence-electron chi connectivity index (χ1n) is 23.2. The Balaban J connectivity index is 0.000000236. The van der Waals surface area contributed by atoms with Crippen molar-refractivity contribution in [1.29, 1.82) is 0 Å². The van der Waals surface area contributed by atoms with Crippen molar-refractivity contribution in [2.45, 2.75) is 61.1 Å². The number of hydrogen-bond donors (Lipinski definition) is 0. The molecule has 8 rings (SSSR count). The summed E-state index contributed by atoms with van der Waals surface area (Å²) in [4.78, 5) is 49.6. The largest absolute Gasteiger partial charge is 0.460 e. The lowest BCUT2D eigenvalue weighted by molar-refractivity contribution is -0.149. The molecule has 424 valence electrons. The zero-order valence-electron chi connectivity index (χ0n) is 41.2. The van der Waals surface area contributed by atoms with Crippen molar-refractivity contribution in [3.8, 4) is 11.5 Å². The fourth-order valence-corrected chi connectivity index (χ4v) is 10.4. The molecule has 2 fully saturated rings. The van der Waals surface area contributed by atoms with Gasteiger partial charge in [0, 0.05) is 13.1 Å². The highest BCUT2D eigenvalue weighted by Crippen LogP contribution is 2.33. The van der Waals surface area contributed by atoms with Crippen molar-refractivity contribution in [1.82, 2.24) is 8.61 Å². The van der Waals surface area contributed by atoms with Gasteiger partial charge in [-0.15, -0.1) is 0 Å². The highest BCUT2D eigenvalue weighted by molar-refractivity contribution is 7.89. The maximum absolute atomic E-state index is 14.0. The SMILES string of the molecule is C[C@@H](C(=O)Oc1c(F)c(F)c(F)c(F)c1F)N(CC1CO1)S(=O)(=O)c1cccc(C(=O)Oc2c(F)c(F)c(F)c(F)c2F)c1.C[C@H](C(=O)OCc1ccccc1)N(CC1CO1)S(=O)(=O)c1cccc(C(=O)OCc2ccccc2)c1. The summed E-state index contributed by atoms with van der Waals surface area (Å²) in [6, 6.07) is 23.8. The van der Waals surface area contributed by atoms with Gasteiger partial charge in [-0.05, 0) is 61.4 Å². The van der Waals surface area contributed by atoms with Gasteiger partial charge in [0.05, 0.1) is 46.3 Å². The molecule has 16 nitrogen and oxygen atoms in total. The molecule has 2 saturated heterocycles. The Morgan fingerprint density at radius 1 is 0.475 bits per heavy atom. The van der Waals surface area contributed by atoms with Crippen LogP contribution in [0.15, 0.2) is 119 Å². The summed E-state index contributed by atoms with van der Waals surface area (Å²) in [5.74, 6) is -33.9. The maximum Gasteiger partial charge on any atom is 0.343 e. The van der Waals surface area contributed by atoms with Gasteiger partial charge < -0.3 is 28.4 Å². The molecule has 0 N–H and O–H groups in total. The smallest absolute Gasteiger partial charge is 0.343 e. The maximum atomic E-state index is 14.0. The lowest BCUT2D eigenvalue weighted by atomic mass is 10.2. The molecule has 2 heterocycles. The van der Waals surface area contributed by atoms with Crippen molar-refractivity contribution in [3.05, 3.63) is 190 Å². The number of rotatable bonds is 20. The average molecular weight is 1170 g/mol. The first-order chi connectivity index (χ1) is 37.8. The normalized spacial score (nSPS) is 15.5. The lowest BCUT2D eigenvalue weighted by Gasteiger charge is -2.26. The molecule has 6 aromatic rings. The zero-order valence-corrected chi connectivity index (χ0v) is 42.8. The average Bonchev–Trinajstić information content (AvgIpc) is 4.45. The van der Waals surface area contributed by atoms with Crippen LogP contribution in [0.25, 0.3) is 0 Å². The summed E-state index contributed by atoms with van der Waals surface area (Å²) >= 11 is 0. The standard InChI is InChI=1S/C27H27NO7S.C25H13F10NO7S/c1-20(26(29)34-17-21-9-4-2-5-10-21)28(16-24-19-33-24)36(31,32)25-14-8-13-23(15-25)27(30)35-18-22-11-6-3-7-12-22;1-8(24(37)42-22-18(32)14(28)12(26)15(29)19(22)33)36(6-10-7-41-10)44(39,40)11-4-2-3-9(5-11)25(38)43-23-20(34)16(30)13(27)17(31)21(23)35/h2-15,20,24H,16-19H2,1H3;2-5,8,10H,6-7H2,1H3/t20-,24?;8-,10?/m10/s1. The van der Waals surface area contributed by atoms with Gasteiger partial charge in [0.25, 0.3) is 0 Å². The number of carbonyl (C=O) groups excluding carboxylic acids is 4. The van der Waals surface area contributed by atoms with Crippen molar-refractivity contribution < 1.29 is 108 Å². The van der Waals surface area contributed by atoms with Crippen LogP contribution in [0.4, 0.5) is 43.9 Å². The molecule has 4 atom stereocenters. The summed E-state index contributed by atoms with van der Waals surface area (Å²) in [6.07, 6.45) is -1.14. The number of carbonyl (C=O) groups is 4. The van der Waals surface area contributed by atoms with Gasteiger partial charge in [-0.2, -0.15) is 26.2 Å². The van der Waals surface area contributed by atoms with Crippen LogP contribution in [-0.4, -0.2) is 99.9 Å². The van der Waals surface area contributed by atoms with E-state index in [9.17, 15) is 79.9 Å². The number of hydrogen-bond acceptors (Lipinski definition) is 14. The molecule has 80 heavy (non-hydrogen) atoms. The highest BCUT2D eigenvalue weighted by atomic mass is 32.2. The van der Waals surface area contributed by atoms with Crippen LogP contribution >= 0.6 is 0 Å². The van der Waals surface area contributed by atoms with E-state index in [0.29, 0.717) is 17.0 Å². The number of benzene rings is 6. The van der Waals surface area contributed by atoms with E-state index in [1.165, 1.54) is 31.2 Å². The van der Waals surface area contributed by atoms with E-state index in [-0.39, 0.29) is 42.9 Å². The molecule has 2 aliphatic heterocycles. The second-order valence-corrected chi connectivity index (χ2v) is 21.0. The number of ether oxygens (including phenoxy) is 6. The number of nitrogens with zero attached hydrogens (tertiary/aromatic N) is 2. The van der Waals surface area contributed by atoms with E-state index in [0.717, 1.165) is 40.6 Å². The minimum absolute atomic E-state index is 0.00732. The molecule has 6 aromatic carbocycles. The molecule has 28 heteroatoms.